The molecule has 6 nitrogen and oxygen atoms in total. The van der Waals surface area contributed by atoms with Crippen molar-refractivity contribution in [3.05, 3.63) is 83.6 Å². The summed E-state index contributed by atoms with van der Waals surface area (Å²) in [6.07, 6.45) is 4.39. The Labute approximate surface area is 184 Å². The lowest BCUT2D eigenvalue weighted by molar-refractivity contribution is 0.0913. The summed E-state index contributed by atoms with van der Waals surface area (Å²) >= 11 is 0. The number of aliphatic hydroxyl groups excluding tert-OH is 1. The zero-order valence-corrected chi connectivity index (χ0v) is 17.3. The van der Waals surface area contributed by atoms with Gasteiger partial charge in [-0.25, -0.2) is 4.98 Å². The highest BCUT2D eigenvalue weighted by Gasteiger charge is 2.25. The number of fused-ring (bicyclic) bond motifs is 2. The number of nitrogens with one attached hydrogen (secondary N) is 2. The quantitative estimate of drug-likeness (QED) is 0.407. The van der Waals surface area contributed by atoms with Crippen molar-refractivity contribution in [1.82, 2.24) is 15.3 Å². The van der Waals surface area contributed by atoms with E-state index in [0.717, 1.165) is 22.0 Å². The van der Waals surface area contributed by atoms with Crippen LogP contribution >= 0.6 is 0 Å². The Morgan fingerprint density at radius 2 is 2.12 bits per heavy atom. The fourth-order valence-electron chi connectivity index (χ4n) is 4.22. The van der Waals surface area contributed by atoms with E-state index in [9.17, 15) is 14.3 Å². The predicted octanol–water partition coefficient (Wildman–Crippen LogP) is 3.64. The smallest absolute Gasteiger partial charge is 0.255 e. The number of pyridine rings is 1. The molecule has 4 aromatic rings. The number of amides is 1. The molecule has 0 saturated carbocycles. The van der Waals surface area contributed by atoms with Crippen LogP contribution in [0.2, 0.25) is 0 Å². The van der Waals surface area contributed by atoms with Crippen LogP contribution in [-0.4, -0.2) is 40.2 Å². The molecule has 5 rings (SSSR count). The highest BCUT2D eigenvalue weighted by atomic mass is 19.1. The van der Waals surface area contributed by atoms with Crippen LogP contribution in [0.1, 0.15) is 21.5 Å². The Balaban J connectivity index is 1.44. The molecule has 3 heterocycles. The number of ether oxygens (including phenoxy) is 1. The lowest BCUT2D eigenvalue weighted by atomic mass is 9.98. The molecule has 0 aliphatic carbocycles. The van der Waals surface area contributed by atoms with Gasteiger partial charge in [-0.1, -0.05) is 18.2 Å². The second-order valence-electron chi connectivity index (χ2n) is 7.87. The first-order valence-electron chi connectivity index (χ1n) is 10.5. The van der Waals surface area contributed by atoms with E-state index in [2.05, 4.69) is 15.3 Å². The number of rotatable bonds is 6. The van der Waals surface area contributed by atoms with Gasteiger partial charge < -0.3 is 20.1 Å². The Bertz CT molecular complexity index is 1300. The number of para-hydroxylation sites is 1. The first-order valence-corrected chi connectivity index (χ1v) is 10.5. The molecular weight excluding hydrogens is 409 g/mol. The summed E-state index contributed by atoms with van der Waals surface area (Å²) in [5.41, 5.74) is 4.09. The van der Waals surface area contributed by atoms with Crippen LogP contribution in [0.4, 0.5) is 4.39 Å². The Morgan fingerprint density at radius 3 is 2.97 bits per heavy atom. The largest absolute Gasteiger partial charge is 0.492 e. The number of aliphatic hydroxyl groups is 1. The van der Waals surface area contributed by atoms with Gasteiger partial charge in [0.05, 0.1) is 24.8 Å². The Morgan fingerprint density at radius 1 is 1.25 bits per heavy atom. The van der Waals surface area contributed by atoms with E-state index in [4.69, 9.17) is 4.74 Å². The number of nitrogens with zero attached hydrogens (tertiary/aromatic N) is 1. The van der Waals surface area contributed by atoms with Gasteiger partial charge in [0.15, 0.2) is 0 Å². The molecule has 0 saturated heterocycles. The fraction of sp³-hybridized carbons (Fsp3) is 0.200. The number of carbonyl (C=O) groups excluding carboxylic acids is 1. The summed E-state index contributed by atoms with van der Waals surface area (Å²) in [7, 11) is 0. The Hall–Kier alpha value is -3.71. The van der Waals surface area contributed by atoms with Crippen molar-refractivity contribution >= 4 is 16.8 Å². The number of hydrogen-bond acceptors (Lipinski definition) is 4. The van der Waals surface area contributed by atoms with Crippen LogP contribution in [0.3, 0.4) is 0 Å². The van der Waals surface area contributed by atoms with Crippen LogP contribution in [0, 0.1) is 5.95 Å². The van der Waals surface area contributed by atoms with Gasteiger partial charge in [0.25, 0.3) is 5.91 Å². The Kier molecular flexibility index (Phi) is 5.33. The topological polar surface area (TPSA) is 87.2 Å². The number of aromatic nitrogens is 2. The highest BCUT2D eigenvalue weighted by molar-refractivity contribution is 5.99. The summed E-state index contributed by atoms with van der Waals surface area (Å²) in [5.74, 6) is -0.446. The minimum atomic E-state index is -0.592. The molecule has 2 aromatic carbocycles. The molecule has 1 aliphatic heterocycles. The van der Waals surface area contributed by atoms with Crippen LogP contribution in [-0.2, 0) is 12.8 Å². The van der Waals surface area contributed by atoms with E-state index in [-0.39, 0.29) is 12.5 Å². The van der Waals surface area contributed by atoms with Crippen molar-refractivity contribution in [2.45, 2.75) is 18.9 Å². The SMILES string of the molecule is O=C(N[C@@H](CO)Cc1c[nH]c2ccccc12)c1cc(-c2cccnc2F)cc2c1OCC2. The van der Waals surface area contributed by atoms with Crippen LogP contribution in [0.25, 0.3) is 22.0 Å². The maximum Gasteiger partial charge on any atom is 0.255 e. The number of halogens is 1. The molecule has 0 unspecified atom stereocenters. The van der Waals surface area contributed by atoms with Crippen LogP contribution < -0.4 is 10.1 Å². The fourth-order valence-corrected chi connectivity index (χ4v) is 4.22. The number of aromatic amines is 1. The van der Waals surface area contributed by atoms with E-state index >= 15 is 0 Å². The monoisotopic (exact) mass is 431 g/mol. The molecule has 1 aliphatic rings. The van der Waals surface area contributed by atoms with Crippen molar-refractivity contribution in [2.75, 3.05) is 13.2 Å². The van der Waals surface area contributed by atoms with Crippen molar-refractivity contribution in [2.24, 2.45) is 0 Å². The molecule has 0 radical (unpaired) electrons. The second-order valence-corrected chi connectivity index (χ2v) is 7.87. The van der Waals surface area contributed by atoms with Gasteiger partial charge in [-0.05, 0) is 53.4 Å². The van der Waals surface area contributed by atoms with Gasteiger partial charge in [-0.3, -0.25) is 4.79 Å². The minimum absolute atomic E-state index is 0.217. The summed E-state index contributed by atoms with van der Waals surface area (Å²) in [4.78, 5) is 20.1. The van der Waals surface area contributed by atoms with Gasteiger partial charge >= 0.3 is 0 Å². The van der Waals surface area contributed by atoms with Crippen LogP contribution in [0.15, 0.2) is 60.9 Å². The lowest BCUT2D eigenvalue weighted by Gasteiger charge is -2.18. The molecule has 0 spiro atoms. The summed E-state index contributed by atoms with van der Waals surface area (Å²) in [6.45, 7) is 0.249. The van der Waals surface area contributed by atoms with Gasteiger partial charge in [0.2, 0.25) is 5.95 Å². The average Bonchev–Trinajstić information content (AvgIpc) is 3.45. The van der Waals surface area contributed by atoms with Crippen molar-refractivity contribution < 1.29 is 19.0 Å². The van der Waals surface area contributed by atoms with E-state index in [1.54, 1.807) is 18.2 Å². The number of H-pyrrole nitrogens is 1. The lowest BCUT2D eigenvalue weighted by Crippen LogP contribution is -2.39. The summed E-state index contributed by atoms with van der Waals surface area (Å²) in [5, 5.41) is 13.9. The van der Waals surface area contributed by atoms with Crippen molar-refractivity contribution in [1.29, 1.82) is 0 Å². The zero-order valence-electron chi connectivity index (χ0n) is 17.3. The molecule has 1 amide bonds. The standard InChI is InChI=1S/C25H22FN3O3/c26-24-20(5-3-8-27-24)16-10-15-7-9-32-23(15)21(12-16)25(31)29-18(14-30)11-17-13-28-22-6-2-1-4-19(17)22/h1-6,8,10,12-13,18,28,30H,7,9,11,14H2,(H,29,31)/t18-/m1/s1. The maximum absolute atomic E-state index is 14.3. The summed E-state index contributed by atoms with van der Waals surface area (Å²) < 4.78 is 20.0. The van der Waals surface area contributed by atoms with Crippen molar-refractivity contribution in [3.63, 3.8) is 0 Å². The maximum atomic E-state index is 14.3. The van der Waals surface area contributed by atoms with Gasteiger partial charge in [0, 0.05) is 35.3 Å². The second kappa shape index (κ2) is 8.43. The van der Waals surface area contributed by atoms with Crippen molar-refractivity contribution in [3.8, 4) is 16.9 Å². The number of hydrogen-bond donors (Lipinski definition) is 3. The normalized spacial score (nSPS) is 13.6. The molecule has 1 atom stereocenters. The summed E-state index contributed by atoms with van der Waals surface area (Å²) in [6, 6.07) is 14.2. The van der Waals surface area contributed by atoms with E-state index in [1.165, 1.54) is 6.20 Å². The molecule has 3 N–H and O–H groups in total. The minimum Gasteiger partial charge on any atom is -0.492 e. The highest BCUT2D eigenvalue weighted by Crippen LogP contribution is 2.35. The average molecular weight is 431 g/mol. The zero-order chi connectivity index (χ0) is 22.1. The van der Waals surface area contributed by atoms with E-state index in [0.29, 0.717) is 41.9 Å². The third-order valence-corrected chi connectivity index (χ3v) is 5.80. The predicted molar refractivity (Wildman–Crippen MR) is 119 cm³/mol. The first-order chi connectivity index (χ1) is 15.6. The third-order valence-electron chi connectivity index (χ3n) is 5.80. The molecule has 32 heavy (non-hydrogen) atoms. The van der Waals surface area contributed by atoms with Gasteiger partial charge in [-0.15, -0.1) is 0 Å². The van der Waals surface area contributed by atoms with Gasteiger partial charge in [-0.2, -0.15) is 4.39 Å². The molecule has 2 aromatic heterocycles. The molecule has 162 valence electrons. The first kappa shape index (κ1) is 20.2. The van der Waals surface area contributed by atoms with E-state index < -0.39 is 12.0 Å². The number of carbonyl (C=O) groups is 1. The van der Waals surface area contributed by atoms with Crippen LogP contribution in [0.5, 0.6) is 5.75 Å². The third kappa shape index (κ3) is 3.71. The van der Waals surface area contributed by atoms with E-state index in [1.807, 2.05) is 36.5 Å². The van der Waals surface area contributed by atoms with Gasteiger partial charge in [0.1, 0.15) is 5.75 Å². The molecular formula is C25H22FN3O3. The molecule has 0 fully saturated rings. The molecule has 0 bridgehead atoms. The number of benzene rings is 2. The molecule has 7 heteroatoms.